The molecule has 1 heterocycles. The van der Waals surface area contributed by atoms with Crippen molar-refractivity contribution in [2.75, 3.05) is 20.3 Å². The molecule has 1 fully saturated rings. The Labute approximate surface area is 172 Å². The van der Waals surface area contributed by atoms with Gasteiger partial charge >= 0.3 is 0 Å². The lowest BCUT2D eigenvalue weighted by atomic mass is 10.1. The molecule has 1 saturated heterocycles. The second-order valence-corrected chi connectivity index (χ2v) is 6.94. The van der Waals surface area contributed by atoms with Gasteiger partial charge in [0, 0.05) is 25.3 Å². The van der Waals surface area contributed by atoms with Crippen LogP contribution in [-0.2, 0) is 11.3 Å². The molecule has 1 aliphatic heterocycles. The molecule has 0 aliphatic carbocycles. The van der Waals surface area contributed by atoms with E-state index in [1.807, 2.05) is 6.07 Å². The summed E-state index contributed by atoms with van der Waals surface area (Å²) >= 11 is 6.00. The Bertz CT molecular complexity index is 899. The summed E-state index contributed by atoms with van der Waals surface area (Å²) in [6.07, 6.45) is 2.13. The van der Waals surface area contributed by atoms with Crippen LogP contribution in [0.1, 0.15) is 28.8 Å². The number of rotatable bonds is 8. The first-order valence-electron chi connectivity index (χ1n) is 9.11. The summed E-state index contributed by atoms with van der Waals surface area (Å²) < 4.78 is 16.7. The lowest BCUT2D eigenvalue weighted by Crippen LogP contribution is -2.23. The van der Waals surface area contributed by atoms with Crippen molar-refractivity contribution in [1.82, 2.24) is 5.32 Å². The Balaban J connectivity index is 1.61. The number of nitrogens with one attached hydrogen (secondary N) is 1. The van der Waals surface area contributed by atoms with Crippen molar-refractivity contribution in [3.8, 4) is 11.5 Å². The van der Waals surface area contributed by atoms with Gasteiger partial charge in [-0.3, -0.25) is 14.9 Å². The number of nitrogens with zero attached hydrogens (tertiary/aromatic N) is 1. The number of benzene rings is 2. The average molecular weight is 421 g/mol. The Kier molecular flexibility index (Phi) is 6.90. The van der Waals surface area contributed by atoms with Gasteiger partial charge in [-0.15, -0.1) is 0 Å². The van der Waals surface area contributed by atoms with E-state index in [9.17, 15) is 14.9 Å². The topological polar surface area (TPSA) is 99.9 Å². The van der Waals surface area contributed by atoms with Gasteiger partial charge in [0.2, 0.25) is 0 Å². The SMILES string of the molecule is COc1cc(CNC(=O)c2ccc([N+](=O)[O-])cc2Cl)ccc1OCC1CCCO1. The van der Waals surface area contributed by atoms with E-state index >= 15 is 0 Å². The van der Waals surface area contributed by atoms with E-state index in [1.54, 1.807) is 19.2 Å². The molecule has 1 unspecified atom stereocenters. The highest BCUT2D eigenvalue weighted by Crippen LogP contribution is 2.29. The first-order chi connectivity index (χ1) is 14.0. The lowest BCUT2D eigenvalue weighted by molar-refractivity contribution is -0.384. The minimum absolute atomic E-state index is 0.0205. The molecule has 0 saturated carbocycles. The normalized spacial score (nSPS) is 15.7. The molecule has 29 heavy (non-hydrogen) atoms. The Morgan fingerprint density at radius 3 is 2.79 bits per heavy atom. The second-order valence-electron chi connectivity index (χ2n) is 6.54. The maximum Gasteiger partial charge on any atom is 0.270 e. The molecule has 0 radical (unpaired) electrons. The standard InChI is InChI=1S/C20H21ClN2O6/c1-27-19-9-13(4-7-18(19)29-12-15-3-2-8-28-15)11-22-20(24)16-6-5-14(23(25)26)10-17(16)21/h4-7,9-10,15H,2-3,8,11-12H2,1H3,(H,22,24). The third-order valence-corrected chi connectivity index (χ3v) is 4.85. The van der Waals surface area contributed by atoms with E-state index in [2.05, 4.69) is 5.32 Å². The number of methoxy groups -OCH3 is 1. The molecule has 1 aliphatic rings. The van der Waals surface area contributed by atoms with Gasteiger partial charge in [0.05, 0.1) is 28.7 Å². The smallest absolute Gasteiger partial charge is 0.270 e. The Morgan fingerprint density at radius 2 is 2.14 bits per heavy atom. The van der Waals surface area contributed by atoms with E-state index in [4.69, 9.17) is 25.8 Å². The van der Waals surface area contributed by atoms with Crippen LogP contribution in [0.15, 0.2) is 36.4 Å². The van der Waals surface area contributed by atoms with Gasteiger partial charge in [-0.25, -0.2) is 0 Å². The summed E-state index contributed by atoms with van der Waals surface area (Å²) in [5.41, 5.74) is 0.799. The summed E-state index contributed by atoms with van der Waals surface area (Å²) in [6, 6.07) is 9.11. The van der Waals surface area contributed by atoms with Crippen molar-refractivity contribution in [2.45, 2.75) is 25.5 Å². The summed E-state index contributed by atoms with van der Waals surface area (Å²) in [7, 11) is 1.55. The van der Waals surface area contributed by atoms with Gasteiger partial charge in [0.1, 0.15) is 6.61 Å². The number of ether oxygens (including phenoxy) is 3. The average Bonchev–Trinajstić information content (AvgIpc) is 3.24. The van der Waals surface area contributed by atoms with Crippen LogP contribution in [0.5, 0.6) is 11.5 Å². The van der Waals surface area contributed by atoms with Gasteiger partial charge in [-0.2, -0.15) is 0 Å². The number of hydrogen-bond donors (Lipinski definition) is 1. The Morgan fingerprint density at radius 1 is 1.31 bits per heavy atom. The monoisotopic (exact) mass is 420 g/mol. The number of carbonyl (C=O) groups is 1. The number of halogens is 1. The number of carbonyl (C=O) groups excluding carboxylic acids is 1. The van der Waals surface area contributed by atoms with Crippen LogP contribution in [0.4, 0.5) is 5.69 Å². The van der Waals surface area contributed by atoms with E-state index < -0.39 is 10.8 Å². The molecular formula is C20H21ClN2O6. The summed E-state index contributed by atoms with van der Waals surface area (Å²) in [5.74, 6) is 0.738. The zero-order chi connectivity index (χ0) is 20.8. The van der Waals surface area contributed by atoms with Crippen molar-refractivity contribution in [3.63, 3.8) is 0 Å². The van der Waals surface area contributed by atoms with E-state index in [1.165, 1.54) is 12.1 Å². The van der Waals surface area contributed by atoms with Crippen LogP contribution in [0.25, 0.3) is 0 Å². The molecule has 2 aromatic carbocycles. The van der Waals surface area contributed by atoms with Crippen molar-refractivity contribution >= 4 is 23.2 Å². The predicted octanol–water partition coefficient (Wildman–Crippen LogP) is 3.74. The fourth-order valence-corrected chi connectivity index (χ4v) is 3.24. The van der Waals surface area contributed by atoms with Gasteiger partial charge in [0.15, 0.2) is 11.5 Å². The molecule has 1 amide bonds. The van der Waals surface area contributed by atoms with Crippen LogP contribution < -0.4 is 14.8 Å². The van der Waals surface area contributed by atoms with Crippen LogP contribution in [0.3, 0.4) is 0 Å². The van der Waals surface area contributed by atoms with Crippen LogP contribution in [0, 0.1) is 10.1 Å². The number of non-ortho nitro benzene ring substituents is 1. The number of nitro benzene ring substituents is 1. The second kappa shape index (κ2) is 9.58. The highest BCUT2D eigenvalue weighted by atomic mass is 35.5. The van der Waals surface area contributed by atoms with Gasteiger partial charge in [0.25, 0.3) is 11.6 Å². The molecule has 1 N–H and O–H groups in total. The highest BCUT2D eigenvalue weighted by Gasteiger charge is 2.18. The fourth-order valence-electron chi connectivity index (χ4n) is 2.98. The molecule has 3 rings (SSSR count). The van der Waals surface area contributed by atoms with Crippen LogP contribution in [-0.4, -0.2) is 37.3 Å². The number of hydrogen-bond acceptors (Lipinski definition) is 6. The maximum atomic E-state index is 12.4. The minimum Gasteiger partial charge on any atom is -0.493 e. The van der Waals surface area contributed by atoms with E-state index in [-0.39, 0.29) is 28.9 Å². The predicted molar refractivity (Wildman–Crippen MR) is 107 cm³/mol. The fraction of sp³-hybridized carbons (Fsp3) is 0.350. The molecular weight excluding hydrogens is 400 g/mol. The molecule has 0 aromatic heterocycles. The van der Waals surface area contributed by atoms with Crippen LogP contribution in [0.2, 0.25) is 5.02 Å². The van der Waals surface area contributed by atoms with Crippen molar-refractivity contribution in [1.29, 1.82) is 0 Å². The van der Waals surface area contributed by atoms with E-state index in [0.29, 0.717) is 18.1 Å². The van der Waals surface area contributed by atoms with Crippen molar-refractivity contribution < 1.29 is 23.9 Å². The van der Waals surface area contributed by atoms with Crippen molar-refractivity contribution in [3.05, 3.63) is 62.7 Å². The van der Waals surface area contributed by atoms with E-state index in [0.717, 1.165) is 31.1 Å². The quantitative estimate of drug-likeness (QED) is 0.515. The summed E-state index contributed by atoms with van der Waals surface area (Å²) in [5, 5.41) is 13.5. The Hall–Kier alpha value is -2.84. The molecule has 0 bridgehead atoms. The number of amides is 1. The van der Waals surface area contributed by atoms with Crippen molar-refractivity contribution in [2.24, 2.45) is 0 Å². The van der Waals surface area contributed by atoms with Gasteiger partial charge in [-0.1, -0.05) is 17.7 Å². The summed E-state index contributed by atoms with van der Waals surface area (Å²) in [4.78, 5) is 22.6. The minimum atomic E-state index is -0.567. The highest BCUT2D eigenvalue weighted by molar-refractivity contribution is 6.34. The molecule has 8 nitrogen and oxygen atoms in total. The maximum absolute atomic E-state index is 12.4. The first kappa shape index (κ1) is 20.9. The van der Waals surface area contributed by atoms with Gasteiger partial charge < -0.3 is 19.5 Å². The molecule has 2 aromatic rings. The summed E-state index contributed by atoms with van der Waals surface area (Å²) in [6.45, 7) is 1.46. The van der Waals surface area contributed by atoms with Gasteiger partial charge in [-0.05, 0) is 36.6 Å². The first-order valence-corrected chi connectivity index (χ1v) is 9.49. The third-order valence-electron chi connectivity index (χ3n) is 4.54. The number of nitro groups is 1. The van der Waals surface area contributed by atoms with Crippen LogP contribution >= 0.6 is 11.6 Å². The zero-order valence-corrected chi connectivity index (χ0v) is 16.6. The molecule has 9 heteroatoms. The zero-order valence-electron chi connectivity index (χ0n) is 15.9. The lowest BCUT2D eigenvalue weighted by Gasteiger charge is -2.15. The molecule has 154 valence electrons. The molecule has 0 spiro atoms. The third kappa shape index (κ3) is 5.36. The molecule has 1 atom stereocenters. The largest absolute Gasteiger partial charge is 0.493 e.